The molecule has 0 aromatic heterocycles. The van der Waals surface area contributed by atoms with Crippen LogP contribution in [0.5, 0.6) is 0 Å². The Hall–Kier alpha value is -1.95. The molecule has 8 heteroatoms. The molecule has 3 atom stereocenters. The highest BCUT2D eigenvalue weighted by Gasteiger charge is 2.35. The zero-order valence-corrected chi connectivity index (χ0v) is 11.9. The van der Waals surface area contributed by atoms with E-state index in [1.165, 1.54) is 0 Å². The topological polar surface area (TPSA) is 124 Å². The molecule has 0 aliphatic heterocycles. The van der Waals surface area contributed by atoms with E-state index >= 15 is 0 Å². The number of carbonyl (C=O) groups excluding carboxylic acids is 1. The van der Waals surface area contributed by atoms with Crippen LogP contribution in [0.2, 0.25) is 0 Å². The largest absolute Gasteiger partial charge is 0.481 e. The van der Waals surface area contributed by atoms with E-state index in [9.17, 15) is 9.59 Å². The maximum absolute atomic E-state index is 11.7. The summed E-state index contributed by atoms with van der Waals surface area (Å²) in [5.74, 6) is -1.44. The van der Waals surface area contributed by atoms with E-state index in [4.69, 9.17) is 15.4 Å². The Balaban J connectivity index is 2.71. The number of hydrogen-bond acceptors (Lipinski definition) is 4. The second-order valence-electron chi connectivity index (χ2n) is 5.87. The molecule has 0 aromatic rings. The number of alkyl carbamates (subject to hydrolysis) is 1. The van der Waals surface area contributed by atoms with Crippen molar-refractivity contribution in [1.29, 1.82) is 0 Å². The first-order valence-corrected chi connectivity index (χ1v) is 6.49. The van der Waals surface area contributed by atoms with Crippen molar-refractivity contribution in [3.8, 4) is 0 Å². The van der Waals surface area contributed by atoms with Crippen LogP contribution < -0.4 is 5.32 Å². The van der Waals surface area contributed by atoms with Gasteiger partial charge in [-0.1, -0.05) is 5.11 Å². The van der Waals surface area contributed by atoms with E-state index in [0.29, 0.717) is 12.8 Å². The van der Waals surface area contributed by atoms with Gasteiger partial charge in [0.15, 0.2) is 0 Å². The maximum Gasteiger partial charge on any atom is 0.407 e. The van der Waals surface area contributed by atoms with Crippen LogP contribution in [0.3, 0.4) is 0 Å². The molecule has 1 aliphatic rings. The fraction of sp³-hybridized carbons (Fsp3) is 0.833. The molecule has 8 nitrogen and oxygen atoms in total. The second-order valence-corrected chi connectivity index (χ2v) is 5.87. The van der Waals surface area contributed by atoms with Crippen molar-refractivity contribution in [2.45, 2.75) is 57.7 Å². The van der Waals surface area contributed by atoms with Gasteiger partial charge in [-0.3, -0.25) is 4.79 Å². The molecule has 1 aliphatic carbocycles. The predicted octanol–water partition coefficient (Wildman–Crippen LogP) is 2.44. The fourth-order valence-corrected chi connectivity index (χ4v) is 2.20. The molecule has 0 aromatic carbocycles. The SMILES string of the molecule is CC(C)(C)OC(=O)N[C@@H]1C[C@@H](C(=O)O)CC[C@@H]1N=[N+]=[N-]. The monoisotopic (exact) mass is 284 g/mol. The van der Waals surface area contributed by atoms with Gasteiger partial charge in [-0.05, 0) is 45.6 Å². The molecule has 1 rings (SSSR count). The van der Waals surface area contributed by atoms with Gasteiger partial charge < -0.3 is 15.2 Å². The normalized spacial score (nSPS) is 26.2. The number of aliphatic carboxylic acids is 1. The van der Waals surface area contributed by atoms with E-state index in [1.54, 1.807) is 20.8 Å². The quantitative estimate of drug-likeness (QED) is 0.469. The molecule has 2 N–H and O–H groups in total. The van der Waals surface area contributed by atoms with Crippen molar-refractivity contribution in [1.82, 2.24) is 5.32 Å². The van der Waals surface area contributed by atoms with Crippen molar-refractivity contribution in [2.24, 2.45) is 11.0 Å². The lowest BCUT2D eigenvalue weighted by atomic mass is 9.83. The van der Waals surface area contributed by atoms with Crippen LogP contribution in [-0.4, -0.2) is 34.9 Å². The lowest BCUT2D eigenvalue weighted by Crippen LogP contribution is -2.48. The Kier molecular flexibility index (Phi) is 5.21. The van der Waals surface area contributed by atoms with Crippen molar-refractivity contribution >= 4 is 12.1 Å². The Morgan fingerprint density at radius 2 is 2.05 bits per heavy atom. The van der Waals surface area contributed by atoms with E-state index in [2.05, 4.69) is 15.3 Å². The van der Waals surface area contributed by atoms with Gasteiger partial charge in [-0.15, -0.1) is 0 Å². The van der Waals surface area contributed by atoms with Gasteiger partial charge in [0.25, 0.3) is 0 Å². The highest BCUT2D eigenvalue weighted by atomic mass is 16.6. The minimum Gasteiger partial charge on any atom is -0.481 e. The number of rotatable bonds is 3. The number of azide groups is 1. The van der Waals surface area contributed by atoms with Crippen LogP contribution >= 0.6 is 0 Å². The Labute approximate surface area is 117 Å². The minimum absolute atomic E-state index is 0.234. The summed E-state index contributed by atoms with van der Waals surface area (Å²) in [6.07, 6.45) is 0.470. The minimum atomic E-state index is -0.902. The zero-order valence-electron chi connectivity index (χ0n) is 11.9. The Bertz CT molecular complexity index is 426. The van der Waals surface area contributed by atoms with Crippen molar-refractivity contribution in [3.05, 3.63) is 10.4 Å². The molecule has 0 saturated heterocycles. The van der Waals surface area contributed by atoms with Crippen molar-refractivity contribution in [3.63, 3.8) is 0 Å². The Morgan fingerprint density at radius 1 is 1.40 bits per heavy atom. The number of nitrogens with zero attached hydrogens (tertiary/aromatic N) is 3. The summed E-state index contributed by atoms with van der Waals surface area (Å²) in [5.41, 5.74) is 7.89. The van der Waals surface area contributed by atoms with Crippen molar-refractivity contribution in [2.75, 3.05) is 0 Å². The van der Waals surface area contributed by atoms with Gasteiger partial charge in [0.1, 0.15) is 5.60 Å². The van der Waals surface area contributed by atoms with Gasteiger partial charge in [0.2, 0.25) is 0 Å². The molecule has 0 unspecified atom stereocenters. The molecule has 1 fully saturated rings. The standard InChI is InChI=1S/C12H20N4O4/c1-12(2,3)20-11(19)14-9-6-7(10(17)18)4-5-8(9)15-16-13/h7-9H,4-6H2,1-3H3,(H,14,19)(H,17,18)/t7-,8-,9+/m0/s1. The number of carboxylic acid groups (broad SMARTS) is 1. The van der Waals surface area contributed by atoms with Crippen LogP contribution in [-0.2, 0) is 9.53 Å². The van der Waals surface area contributed by atoms with Crippen LogP contribution in [0.4, 0.5) is 4.79 Å². The summed E-state index contributed by atoms with van der Waals surface area (Å²) in [4.78, 5) is 25.5. The number of hydrogen-bond donors (Lipinski definition) is 2. The average Bonchev–Trinajstić information content (AvgIpc) is 2.28. The highest BCUT2D eigenvalue weighted by Crippen LogP contribution is 2.27. The number of carbonyl (C=O) groups is 2. The molecule has 0 radical (unpaired) electrons. The van der Waals surface area contributed by atoms with Gasteiger partial charge >= 0.3 is 12.1 Å². The van der Waals surface area contributed by atoms with E-state index in [1.807, 2.05) is 0 Å². The van der Waals surface area contributed by atoms with E-state index in [0.717, 1.165) is 0 Å². The summed E-state index contributed by atoms with van der Waals surface area (Å²) in [6, 6.07) is -0.960. The maximum atomic E-state index is 11.7. The van der Waals surface area contributed by atoms with Crippen LogP contribution in [0.1, 0.15) is 40.0 Å². The predicted molar refractivity (Wildman–Crippen MR) is 71.1 cm³/mol. The molecule has 20 heavy (non-hydrogen) atoms. The number of nitrogens with one attached hydrogen (secondary N) is 1. The fourth-order valence-electron chi connectivity index (χ4n) is 2.20. The summed E-state index contributed by atoms with van der Waals surface area (Å²) >= 11 is 0. The smallest absolute Gasteiger partial charge is 0.407 e. The molecule has 0 spiro atoms. The molecule has 0 heterocycles. The lowest BCUT2D eigenvalue weighted by molar-refractivity contribution is -0.143. The van der Waals surface area contributed by atoms with Crippen LogP contribution in [0.25, 0.3) is 10.4 Å². The van der Waals surface area contributed by atoms with Gasteiger partial charge in [0.05, 0.1) is 12.0 Å². The van der Waals surface area contributed by atoms with Crippen molar-refractivity contribution < 1.29 is 19.4 Å². The molecule has 1 amide bonds. The van der Waals surface area contributed by atoms with Gasteiger partial charge in [-0.25, -0.2) is 4.79 Å². The van der Waals surface area contributed by atoms with E-state index < -0.39 is 35.7 Å². The third-order valence-corrected chi connectivity index (χ3v) is 3.07. The van der Waals surface area contributed by atoms with Gasteiger partial charge in [-0.2, -0.15) is 0 Å². The first-order valence-electron chi connectivity index (χ1n) is 6.49. The molecule has 112 valence electrons. The number of amides is 1. The van der Waals surface area contributed by atoms with E-state index in [-0.39, 0.29) is 6.42 Å². The first kappa shape index (κ1) is 16.1. The number of ether oxygens (including phenoxy) is 1. The third-order valence-electron chi connectivity index (χ3n) is 3.07. The summed E-state index contributed by atoms with van der Waals surface area (Å²) < 4.78 is 5.13. The molecule has 1 saturated carbocycles. The highest BCUT2D eigenvalue weighted by molar-refractivity contribution is 5.71. The number of carboxylic acids is 1. The third kappa shape index (κ3) is 4.97. The summed E-state index contributed by atoms with van der Waals surface area (Å²) in [7, 11) is 0. The first-order chi connectivity index (χ1) is 9.23. The summed E-state index contributed by atoms with van der Waals surface area (Å²) in [6.45, 7) is 5.20. The zero-order chi connectivity index (χ0) is 15.3. The summed E-state index contributed by atoms with van der Waals surface area (Å²) in [5, 5.41) is 15.3. The second kappa shape index (κ2) is 6.47. The Morgan fingerprint density at radius 3 is 2.55 bits per heavy atom. The van der Waals surface area contributed by atoms with Crippen LogP contribution in [0.15, 0.2) is 5.11 Å². The molecule has 0 bridgehead atoms. The van der Waals surface area contributed by atoms with Crippen LogP contribution in [0, 0.1) is 5.92 Å². The van der Waals surface area contributed by atoms with Gasteiger partial charge in [0, 0.05) is 11.0 Å². The lowest BCUT2D eigenvalue weighted by Gasteiger charge is -2.33. The molecular formula is C12H20N4O4. The molecular weight excluding hydrogens is 264 g/mol. The average molecular weight is 284 g/mol.